The minimum atomic E-state index is -1.29. The van der Waals surface area contributed by atoms with E-state index in [2.05, 4.69) is 26.2 Å². The van der Waals surface area contributed by atoms with E-state index in [1.165, 1.54) is 0 Å². The second-order valence-electron chi connectivity index (χ2n) is 5.33. The Labute approximate surface area is 125 Å². The van der Waals surface area contributed by atoms with Gasteiger partial charge in [0.2, 0.25) is 0 Å². The third-order valence-electron chi connectivity index (χ3n) is 3.84. The Hall–Kier alpha value is -1.01. The molecule has 1 aromatic rings. The van der Waals surface area contributed by atoms with Crippen molar-refractivity contribution in [3.63, 3.8) is 0 Å². The average molecular weight is 345 g/mol. The van der Waals surface area contributed by atoms with Gasteiger partial charge in [-0.2, -0.15) is 0 Å². The van der Waals surface area contributed by atoms with Gasteiger partial charge in [-0.25, -0.2) is 4.39 Å². The lowest BCUT2D eigenvalue weighted by Crippen LogP contribution is -2.40. The Morgan fingerprint density at radius 1 is 1.55 bits per heavy atom. The van der Waals surface area contributed by atoms with Crippen molar-refractivity contribution in [1.29, 1.82) is 0 Å². The second kappa shape index (κ2) is 6.63. The molecule has 2 N–H and O–H groups in total. The van der Waals surface area contributed by atoms with Gasteiger partial charge < -0.3 is 10.4 Å². The topological polar surface area (TPSA) is 62.2 Å². The molecule has 1 aliphatic rings. The van der Waals surface area contributed by atoms with E-state index in [1.54, 1.807) is 12.4 Å². The minimum absolute atomic E-state index is 0.258. The van der Waals surface area contributed by atoms with Crippen molar-refractivity contribution < 1.29 is 14.3 Å². The van der Waals surface area contributed by atoms with E-state index >= 15 is 0 Å². The fraction of sp³-hybridized carbons (Fsp3) is 0.571. The smallest absolute Gasteiger partial charge is 0.306 e. The molecule has 0 aliphatic heterocycles. The SMILES string of the molecule is O=C(O)C1CCC(F)(CNCc2ccncc2Br)CC1. The van der Waals surface area contributed by atoms with Gasteiger partial charge in [-0.05, 0) is 53.2 Å². The standard InChI is InChI=1S/C14H18BrFN2O2/c15-12-8-17-6-3-11(12)7-18-9-14(16)4-1-10(2-5-14)13(19)20/h3,6,8,10,18H,1-2,4-5,7,9H2,(H,19,20). The number of carbonyl (C=O) groups is 1. The number of alkyl halides is 1. The van der Waals surface area contributed by atoms with Crippen LogP contribution < -0.4 is 5.32 Å². The lowest BCUT2D eigenvalue weighted by atomic mass is 9.80. The van der Waals surface area contributed by atoms with Crippen LogP contribution in [0.4, 0.5) is 4.39 Å². The first-order chi connectivity index (χ1) is 9.50. The monoisotopic (exact) mass is 344 g/mol. The average Bonchev–Trinajstić information content (AvgIpc) is 2.41. The summed E-state index contributed by atoms with van der Waals surface area (Å²) in [6.07, 6.45) is 4.88. The van der Waals surface area contributed by atoms with Crippen LogP contribution in [-0.2, 0) is 11.3 Å². The van der Waals surface area contributed by atoms with Gasteiger partial charge in [0.1, 0.15) is 5.67 Å². The lowest BCUT2D eigenvalue weighted by Gasteiger charge is -2.32. The zero-order chi connectivity index (χ0) is 14.6. The molecule has 6 heteroatoms. The molecule has 1 aliphatic carbocycles. The first-order valence-electron chi connectivity index (χ1n) is 6.71. The summed E-state index contributed by atoms with van der Waals surface area (Å²) in [6, 6.07) is 1.88. The van der Waals surface area contributed by atoms with E-state index in [9.17, 15) is 9.18 Å². The predicted molar refractivity (Wildman–Crippen MR) is 77.1 cm³/mol. The molecule has 1 heterocycles. The number of nitrogens with zero attached hydrogens (tertiary/aromatic N) is 1. The third kappa shape index (κ3) is 3.99. The highest BCUT2D eigenvalue weighted by atomic mass is 79.9. The van der Waals surface area contributed by atoms with Crippen LogP contribution in [0.25, 0.3) is 0 Å². The maximum absolute atomic E-state index is 14.5. The Morgan fingerprint density at radius 3 is 2.85 bits per heavy atom. The summed E-state index contributed by atoms with van der Waals surface area (Å²) in [5, 5.41) is 12.0. The zero-order valence-corrected chi connectivity index (χ0v) is 12.7. The summed E-state index contributed by atoms with van der Waals surface area (Å²) >= 11 is 3.40. The molecule has 0 bridgehead atoms. The molecule has 0 aromatic carbocycles. The van der Waals surface area contributed by atoms with Crippen molar-refractivity contribution in [2.75, 3.05) is 6.54 Å². The number of hydrogen-bond donors (Lipinski definition) is 2. The van der Waals surface area contributed by atoms with Gasteiger partial charge in [0, 0.05) is 30.0 Å². The van der Waals surface area contributed by atoms with E-state index in [-0.39, 0.29) is 12.5 Å². The van der Waals surface area contributed by atoms with Gasteiger partial charge in [0.25, 0.3) is 0 Å². The molecule has 0 amide bonds. The van der Waals surface area contributed by atoms with Gasteiger partial charge in [0.05, 0.1) is 5.92 Å². The molecule has 4 nitrogen and oxygen atoms in total. The van der Waals surface area contributed by atoms with Crippen molar-refractivity contribution in [3.05, 3.63) is 28.5 Å². The van der Waals surface area contributed by atoms with Crippen molar-refractivity contribution in [3.8, 4) is 0 Å². The molecule has 0 unspecified atom stereocenters. The summed E-state index contributed by atoms with van der Waals surface area (Å²) in [6.45, 7) is 0.825. The predicted octanol–water partition coefficient (Wildman–Crippen LogP) is 2.92. The molecule has 1 aromatic heterocycles. The van der Waals surface area contributed by atoms with Crippen LogP contribution in [-0.4, -0.2) is 28.3 Å². The van der Waals surface area contributed by atoms with E-state index in [0.29, 0.717) is 32.2 Å². The first kappa shape index (κ1) is 15.4. The first-order valence-corrected chi connectivity index (χ1v) is 7.50. The molecule has 1 saturated carbocycles. The fourth-order valence-corrected chi connectivity index (χ4v) is 2.92. The molecule has 0 radical (unpaired) electrons. The molecule has 110 valence electrons. The van der Waals surface area contributed by atoms with Crippen molar-refractivity contribution in [1.82, 2.24) is 10.3 Å². The van der Waals surface area contributed by atoms with Gasteiger partial charge >= 0.3 is 5.97 Å². The zero-order valence-electron chi connectivity index (χ0n) is 11.1. The van der Waals surface area contributed by atoms with E-state index in [0.717, 1.165) is 10.0 Å². The van der Waals surface area contributed by atoms with Crippen LogP contribution in [0.15, 0.2) is 22.9 Å². The van der Waals surface area contributed by atoms with Crippen LogP contribution in [0.5, 0.6) is 0 Å². The highest BCUT2D eigenvalue weighted by Crippen LogP contribution is 2.34. The molecule has 2 rings (SSSR count). The van der Waals surface area contributed by atoms with Gasteiger partial charge in [0.15, 0.2) is 0 Å². The summed E-state index contributed by atoms with van der Waals surface area (Å²) in [5.74, 6) is -1.19. The van der Waals surface area contributed by atoms with E-state index in [1.807, 2.05) is 6.07 Å². The highest BCUT2D eigenvalue weighted by Gasteiger charge is 2.37. The maximum Gasteiger partial charge on any atom is 0.306 e. The van der Waals surface area contributed by atoms with Crippen LogP contribution in [0.2, 0.25) is 0 Å². The Bertz CT molecular complexity index is 476. The quantitative estimate of drug-likeness (QED) is 0.861. The second-order valence-corrected chi connectivity index (χ2v) is 6.19. The molecule has 0 spiro atoms. The number of halogens is 2. The number of aliphatic carboxylic acids is 1. The van der Waals surface area contributed by atoms with Gasteiger partial charge in [-0.1, -0.05) is 0 Å². The van der Waals surface area contributed by atoms with Gasteiger partial charge in [-0.3, -0.25) is 9.78 Å². The maximum atomic E-state index is 14.5. The molecule has 20 heavy (non-hydrogen) atoms. The summed E-state index contributed by atoms with van der Waals surface area (Å²) in [4.78, 5) is 14.8. The number of carboxylic acid groups (broad SMARTS) is 1. The lowest BCUT2D eigenvalue weighted by molar-refractivity contribution is -0.143. The van der Waals surface area contributed by atoms with Crippen LogP contribution in [0.1, 0.15) is 31.2 Å². The molecule has 0 saturated heterocycles. The number of nitrogens with one attached hydrogen (secondary N) is 1. The number of pyridine rings is 1. The minimum Gasteiger partial charge on any atom is -0.481 e. The Balaban J connectivity index is 1.80. The van der Waals surface area contributed by atoms with Gasteiger partial charge in [-0.15, -0.1) is 0 Å². The third-order valence-corrected chi connectivity index (χ3v) is 4.56. The van der Waals surface area contributed by atoms with Crippen molar-refractivity contribution in [2.45, 2.75) is 37.9 Å². The number of hydrogen-bond acceptors (Lipinski definition) is 3. The molecule has 1 fully saturated rings. The highest BCUT2D eigenvalue weighted by molar-refractivity contribution is 9.10. The normalized spacial score (nSPS) is 26.4. The van der Waals surface area contributed by atoms with E-state index < -0.39 is 11.6 Å². The fourth-order valence-electron chi connectivity index (χ4n) is 2.53. The number of carboxylic acids is 1. The molecule has 0 atom stereocenters. The molecular formula is C14H18BrFN2O2. The summed E-state index contributed by atoms with van der Waals surface area (Å²) in [7, 11) is 0. The Morgan fingerprint density at radius 2 is 2.25 bits per heavy atom. The largest absolute Gasteiger partial charge is 0.481 e. The van der Waals surface area contributed by atoms with E-state index in [4.69, 9.17) is 5.11 Å². The summed E-state index contributed by atoms with van der Waals surface area (Å²) < 4.78 is 15.4. The van der Waals surface area contributed by atoms with Crippen molar-refractivity contribution >= 4 is 21.9 Å². The van der Waals surface area contributed by atoms with Crippen LogP contribution in [0, 0.1) is 5.92 Å². The number of rotatable bonds is 5. The van der Waals surface area contributed by atoms with Crippen molar-refractivity contribution in [2.24, 2.45) is 5.92 Å². The number of aromatic nitrogens is 1. The molecular weight excluding hydrogens is 327 g/mol. The Kier molecular flexibility index (Phi) is 5.10. The van der Waals surface area contributed by atoms with Crippen LogP contribution in [0.3, 0.4) is 0 Å². The van der Waals surface area contributed by atoms with Crippen LogP contribution >= 0.6 is 15.9 Å². The summed E-state index contributed by atoms with van der Waals surface area (Å²) in [5.41, 5.74) is -0.256.